The molecule has 0 saturated carbocycles. The van der Waals surface area contributed by atoms with Gasteiger partial charge in [0.1, 0.15) is 5.75 Å². The summed E-state index contributed by atoms with van der Waals surface area (Å²) in [5.41, 5.74) is 0. The van der Waals surface area contributed by atoms with Gasteiger partial charge >= 0.3 is 0 Å². The van der Waals surface area contributed by atoms with E-state index in [1.165, 1.54) is 0 Å². The molecule has 100 valence electrons. The normalized spacial score (nSPS) is 20.9. The van der Waals surface area contributed by atoms with Gasteiger partial charge in [-0.05, 0) is 41.4 Å². The Balaban J connectivity index is 1.68. The van der Waals surface area contributed by atoms with Crippen LogP contribution >= 0.6 is 15.9 Å². The van der Waals surface area contributed by atoms with Crippen molar-refractivity contribution in [1.82, 2.24) is 10.2 Å². The van der Waals surface area contributed by atoms with Crippen LogP contribution in [0.15, 0.2) is 28.7 Å². The summed E-state index contributed by atoms with van der Waals surface area (Å²) in [5.74, 6) is 0.936. The molecule has 1 heterocycles. The molecule has 0 radical (unpaired) electrons. The van der Waals surface area contributed by atoms with E-state index >= 15 is 0 Å². The summed E-state index contributed by atoms with van der Waals surface area (Å²) in [6.07, 6.45) is 1.08. The number of benzene rings is 1. The molecule has 0 unspecified atom stereocenters. The van der Waals surface area contributed by atoms with Gasteiger partial charge in [0.25, 0.3) is 0 Å². The van der Waals surface area contributed by atoms with Crippen LogP contribution in [0.1, 0.15) is 13.3 Å². The Morgan fingerprint density at radius 3 is 3.06 bits per heavy atom. The molecule has 1 N–H and O–H groups in total. The third-order valence-electron chi connectivity index (χ3n) is 3.32. The van der Waals surface area contributed by atoms with E-state index in [-0.39, 0.29) is 0 Å². The summed E-state index contributed by atoms with van der Waals surface area (Å²) in [4.78, 5) is 2.53. The van der Waals surface area contributed by atoms with Gasteiger partial charge in [0.2, 0.25) is 0 Å². The second-order valence-electron chi connectivity index (χ2n) is 4.72. The molecule has 3 nitrogen and oxygen atoms in total. The first kappa shape index (κ1) is 13.8. The molecule has 0 spiro atoms. The van der Waals surface area contributed by atoms with Crippen LogP contribution in [0.3, 0.4) is 0 Å². The first-order valence-corrected chi connectivity index (χ1v) is 7.39. The van der Waals surface area contributed by atoms with Crippen molar-refractivity contribution in [1.29, 1.82) is 0 Å². The van der Waals surface area contributed by atoms with E-state index in [2.05, 4.69) is 33.1 Å². The SMILES string of the molecule is C[C@H]1CNCCN1CCCOc1ccccc1Br. The summed E-state index contributed by atoms with van der Waals surface area (Å²) in [5, 5.41) is 3.41. The van der Waals surface area contributed by atoms with Gasteiger partial charge in [0, 0.05) is 32.2 Å². The van der Waals surface area contributed by atoms with Crippen LogP contribution in [-0.4, -0.2) is 43.7 Å². The van der Waals surface area contributed by atoms with Crippen LogP contribution in [0.5, 0.6) is 5.75 Å². The Hall–Kier alpha value is -0.580. The minimum Gasteiger partial charge on any atom is -0.492 e. The molecule has 2 rings (SSSR count). The maximum absolute atomic E-state index is 5.77. The number of ether oxygens (including phenoxy) is 1. The molecular weight excluding hydrogens is 292 g/mol. The summed E-state index contributed by atoms with van der Waals surface area (Å²) < 4.78 is 6.80. The predicted molar refractivity (Wildman–Crippen MR) is 78.2 cm³/mol. The number of rotatable bonds is 5. The zero-order chi connectivity index (χ0) is 12.8. The van der Waals surface area contributed by atoms with E-state index in [9.17, 15) is 0 Å². The Kier molecular flexibility index (Phi) is 5.47. The average molecular weight is 313 g/mol. The quantitative estimate of drug-likeness (QED) is 0.846. The topological polar surface area (TPSA) is 24.5 Å². The van der Waals surface area contributed by atoms with Crippen molar-refractivity contribution in [2.75, 3.05) is 32.8 Å². The van der Waals surface area contributed by atoms with E-state index in [1.54, 1.807) is 0 Å². The maximum atomic E-state index is 5.77. The average Bonchev–Trinajstić information content (AvgIpc) is 2.38. The standard InChI is InChI=1S/C14H21BrN2O/c1-12-11-16-7-9-17(12)8-4-10-18-14-6-3-2-5-13(14)15/h2-3,5-6,12,16H,4,7-11H2,1H3/t12-/m0/s1. The van der Waals surface area contributed by atoms with Crippen LogP contribution < -0.4 is 10.1 Å². The summed E-state index contributed by atoms with van der Waals surface area (Å²) in [6, 6.07) is 8.64. The molecule has 1 fully saturated rings. The lowest BCUT2D eigenvalue weighted by Gasteiger charge is -2.33. The zero-order valence-electron chi connectivity index (χ0n) is 10.9. The van der Waals surface area contributed by atoms with Crippen LogP contribution in [-0.2, 0) is 0 Å². The molecule has 1 aliphatic heterocycles. The highest BCUT2D eigenvalue weighted by molar-refractivity contribution is 9.10. The second-order valence-corrected chi connectivity index (χ2v) is 5.58. The fourth-order valence-corrected chi connectivity index (χ4v) is 2.63. The van der Waals surface area contributed by atoms with E-state index in [4.69, 9.17) is 4.74 Å². The van der Waals surface area contributed by atoms with Gasteiger partial charge in [-0.1, -0.05) is 12.1 Å². The number of nitrogens with one attached hydrogen (secondary N) is 1. The van der Waals surface area contributed by atoms with E-state index in [0.29, 0.717) is 6.04 Å². The summed E-state index contributed by atoms with van der Waals surface area (Å²) in [6.45, 7) is 7.53. The third-order valence-corrected chi connectivity index (χ3v) is 3.98. The fourth-order valence-electron chi connectivity index (χ4n) is 2.23. The van der Waals surface area contributed by atoms with Gasteiger partial charge in [0.05, 0.1) is 11.1 Å². The van der Waals surface area contributed by atoms with Crippen molar-refractivity contribution in [3.05, 3.63) is 28.7 Å². The number of para-hydroxylation sites is 1. The van der Waals surface area contributed by atoms with Gasteiger partial charge in [-0.2, -0.15) is 0 Å². The Labute approximate surface area is 118 Å². The second kappa shape index (κ2) is 7.12. The third kappa shape index (κ3) is 3.97. The first-order valence-electron chi connectivity index (χ1n) is 6.59. The minimum atomic E-state index is 0.641. The number of piperazine rings is 1. The lowest BCUT2D eigenvalue weighted by Crippen LogP contribution is -2.50. The molecular formula is C14H21BrN2O. The highest BCUT2D eigenvalue weighted by Crippen LogP contribution is 2.23. The van der Waals surface area contributed by atoms with E-state index in [1.807, 2.05) is 24.3 Å². The zero-order valence-corrected chi connectivity index (χ0v) is 12.4. The highest BCUT2D eigenvalue weighted by atomic mass is 79.9. The molecule has 0 amide bonds. The molecule has 1 aromatic rings. The van der Waals surface area contributed by atoms with Crippen LogP contribution in [0.2, 0.25) is 0 Å². The Morgan fingerprint density at radius 2 is 2.28 bits per heavy atom. The lowest BCUT2D eigenvalue weighted by atomic mass is 10.2. The molecule has 0 bridgehead atoms. The molecule has 1 aliphatic rings. The van der Waals surface area contributed by atoms with Crippen molar-refractivity contribution in [2.45, 2.75) is 19.4 Å². The maximum Gasteiger partial charge on any atom is 0.133 e. The van der Waals surface area contributed by atoms with Gasteiger partial charge in [0.15, 0.2) is 0 Å². The van der Waals surface area contributed by atoms with Gasteiger partial charge in [-0.15, -0.1) is 0 Å². The van der Waals surface area contributed by atoms with Gasteiger partial charge in [-0.3, -0.25) is 4.90 Å². The highest BCUT2D eigenvalue weighted by Gasteiger charge is 2.16. The van der Waals surface area contributed by atoms with Crippen molar-refractivity contribution in [2.24, 2.45) is 0 Å². The molecule has 1 saturated heterocycles. The van der Waals surface area contributed by atoms with Crippen molar-refractivity contribution in [3.8, 4) is 5.75 Å². The number of hydrogen-bond donors (Lipinski definition) is 1. The molecule has 18 heavy (non-hydrogen) atoms. The van der Waals surface area contributed by atoms with Crippen LogP contribution in [0.4, 0.5) is 0 Å². The van der Waals surface area contributed by atoms with E-state index < -0.39 is 0 Å². The minimum absolute atomic E-state index is 0.641. The van der Waals surface area contributed by atoms with Crippen molar-refractivity contribution < 1.29 is 4.74 Å². The number of halogens is 1. The van der Waals surface area contributed by atoms with E-state index in [0.717, 1.165) is 49.4 Å². The van der Waals surface area contributed by atoms with Crippen LogP contribution in [0, 0.1) is 0 Å². The fraction of sp³-hybridized carbons (Fsp3) is 0.571. The Morgan fingerprint density at radius 1 is 1.44 bits per heavy atom. The smallest absolute Gasteiger partial charge is 0.133 e. The summed E-state index contributed by atoms with van der Waals surface area (Å²) >= 11 is 3.49. The molecule has 1 atom stereocenters. The molecule has 4 heteroatoms. The van der Waals surface area contributed by atoms with Crippen LogP contribution in [0.25, 0.3) is 0 Å². The largest absolute Gasteiger partial charge is 0.492 e. The molecule has 0 aliphatic carbocycles. The summed E-state index contributed by atoms with van der Waals surface area (Å²) in [7, 11) is 0. The van der Waals surface area contributed by atoms with Crippen molar-refractivity contribution >= 4 is 15.9 Å². The lowest BCUT2D eigenvalue weighted by molar-refractivity contribution is 0.160. The Bertz CT molecular complexity index is 373. The van der Waals surface area contributed by atoms with Gasteiger partial charge in [-0.25, -0.2) is 0 Å². The van der Waals surface area contributed by atoms with Gasteiger partial charge < -0.3 is 10.1 Å². The molecule has 1 aromatic carbocycles. The predicted octanol–water partition coefficient (Wildman–Crippen LogP) is 2.51. The number of nitrogens with zero attached hydrogens (tertiary/aromatic N) is 1. The molecule has 0 aromatic heterocycles. The first-order chi connectivity index (χ1) is 8.77. The number of hydrogen-bond acceptors (Lipinski definition) is 3. The monoisotopic (exact) mass is 312 g/mol. The van der Waals surface area contributed by atoms with Crippen molar-refractivity contribution in [3.63, 3.8) is 0 Å².